The van der Waals surface area contributed by atoms with Crippen molar-refractivity contribution < 1.29 is 4.79 Å². The van der Waals surface area contributed by atoms with Crippen LogP contribution in [0.5, 0.6) is 0 Å². The predicted octanol–water partition coefficient (Wildman–Crippen LogP) is 4.08. The largest absolute Gasteiger partial charge is 0.338 e. The number of likely N-dealkylation sites (N-methyl/N-ethyl adjacent to an activating group) is 1. The molecule has 3 nitrogen and oxygen atoms in total. The van der Waals surface area contributed by atoms with Gasteiger partial charge in [-0.15, -0.1) is 0 Å². The van der Waals surface area contributed by atoms with E-state index < -0.39 is 0 Å². The number of carbonyl (C=O) groups is 1. The molecule has 0 aromatic heterocycles. The lowest BCUT2D eigenvalue weighted by Gasteiger charge is -2.21. The van der Waals surface area contributed by atoms with Crippen LogP contribution in [0, 0.1) is 0 Å². The molecule has 0 radical (unpaired) electrons. The van der Waals surface area contributed by atoms with Crippen LogP contribution in [0.2, 0.25) is 0 Å². The molecule has 0 atom stereocenters. The number of fused-ring (bicyclic) bond motifs is 1. The van der Waals surface area contributed by atoms with E-state index in [0.29, 0.717) is 18.8 Å². The summed E-state index contributed by atoms with van der Waals surface area (Å²) >= 11 is 3.24. The lowest BCUT2D eigenvalue weighted by Crippen LogP contribution is -2.33. The van der Waals surface area contributed by atoms with Gasteiger partial charge in [0.1, 0.15) is 4.38 Å². The Morgan fingerprint density at radius 2 is 2.24 bits per heavy atom. The number of hydrogen-bond donors (Lipinski definition) is 0. The average Bonchev–Trinajstić information content (AvgIpc) is 2.49. The van der Waals surface area contributed by atoms with E-state index >= 15 is 0 Å². The van der Waals surface area contributed by atoms with E-state index in [1.165, 1.54) is 17.3 Å². The Balaban J connectivity index is 1.93. The number of thioether (sulfide) groups is 2. The topological polar surface area (TPSA) is 32.7 Å². The summed E-state index contributed by atoms with van der Waals surface area (Å²) < 4.78 is 0.980. The molecular formula is C16H20N2OS2. The quantitative estimate of drug-likeness (QED) is 0.766. The monoisotopic (exact) mass is 320 g/mol. The van der Waals surface area contributed by atoms with E-state index in [9.17, 15) is 4.79 Å². The molecule has 1 aliphatic rings. The SMILES string of the molecule is C=C(C)CN(CC)C(=O)CSC1=Nc2ccccc2CS1. The molecule has 5 heteroatoms. The number of nitrogens with zero attached hydrogens (tertiary/aromatic N) is 2. The van der Waals surface area contributed by atoms with Crippen LogP contribution in [0.25, 0.3) is 0 Å². The second-order valence-corrected chi connectivity index (χ2v) is 7.14. The van der Waals surface area contributed by atoms with Gasteiger partial charge in [-0.1, -0.05) is 53.9 Å². The third-order valence-corrected chi connectivity index (χ3v) is 5.30. The molecule has 1 heterocycles. The van der Waals surface area contributed by atoms with Crippen molar-refractivity contribution in [2.45, 2.75) is 19.6 Å². The van der Waals surface area contributed by atoms with Crippen LogP contribution in [-0.2, 0) is 10.5 Å². The summed E-state index contributed by atoms with van der Waals surface area (Å²) in [7, 11) is 0. The zero-order valence-electron chi connectivity index (χ0n) is 12.5. The van der Waals surface area contributed by atoms with Gasteiger partial charge in [0.05, 0.1) is 11.4 Å². The van der Waals surface area contributed by atoms with Crippen molar-refractivity contribution in [1.29, 1.82) is 0 Å². The van der Waals surface area contributed by atoms with E-state index in [4.69, 9.17) is 0 Å². The molecule has 0 fully saturated rings. The highest BCUT2D eigenvalue weighted by Gasteiger charge is 2.16. The lowest BCUT2D eigenvalue weighted by molar-refractivity contribution is -0.127. The van der Waals surface area contributed by atoms with E-state index in [0.717, 1.165) is 21.4 Å². The number of aliphatic imine (C=N–C) groups is 1. The second kappa shape index (κ2) is 7.71. The maximum absolute atomic E-state index is 12.2. The molecule has 1 aromatic rings. The van der Waals surface area contributed by atoms with Crippen molar-refractivity contribution >= 4 is 39.5 Å². The molecule has 0 bridgehead atoms. The molecule has 0 spiro atoms. The molecule has 1 amide bonds. The molecule has 112 valence electrons. The first-order valence-corrected chi connectivity index (χ1v) is 8.91. The molecule has 0 saturated heterocycles. The predicted molar refractivity (Wildman–Crippen MR) is 94.4 cm³/mol. The van der Waals surface area contributed by atoms with Crippen molar-refractivity contribution in [3.63, 3.8) is 0 Å². The van der Waals surface area contributed by atoms with Crippen molar-refractivity contribution in [2.75, 3.05) is 18.8 Å². The van der Waals surface area contributed by atoms with E-state index in [2.05, 4.69) is 17.6 Å². The highest BCUT2D eigenvalue weighted by Crippen LogP contribution is 2.34. The zero-order chi connectivity index (χ0) is 15.2. The van der Waals surface area contributed by atoms with Gasteiger partial charge < -0.3 is 4.90 Å². The number of hydrogen-bond acceptors (Lipinski definition) is 4. The highest BCUT2D eigenvalue weighted by atomic mass is 32.2. The molecule has 1 aliphatic heterocycles. The summed E-state index contributed by atoms with van der Waals surface area (Å²) in [4.78, 5) is 18.6. The van der Waals surface area contributed by atoms with E-state index in [-0.39, 0.29) is 5.91 Å². The Morgan fingerprint density at radius 1 is 1.48 bits per heavy atom. The summed E-state index contributed by atoms with van der Waals surface area (Å²) in [6.45, 7) is 9.17. The van der Waals surface area contributed by atoms with E-state index in [1.807, 2.05) is 36.9 Å². The molecular weight excluding hydrogens is 300 g/mol. The molecule has 0 N–H and O–H groups in total. The van der Waals surface area contributed by atoms with Crippen LogP contribution >= 0.6 is 23.5 Å². The number of para-hydroxylation sites is 1. The van der Waals surface area contributed by atoms with Crippen LogP contribution in [-0.4, -0.2) is 34.0 Å². The van der Waals surface area contributed by atoms with E-state index in [1.54, 1.807) is 11.8 Å². The van der Waals surface area contributed by atoms with Crippen LogP contribution in [0.4, 0.5) is 5.69 Å². The van der Waals surface area contributed by atoms with Crippen LogP contribution < -0.4 is 0 Å². The zero-order valence-corrected chi connectivity index (χ0v) is 14.1. The maximum Gasteiger partial charge on any atom is 0.233 e. The summed E-state index contributed by atoms with van der Waals surface area (Å²) in [5, 5.41) is 0. The molecule has 21 heavy (non-hydrogen) atoms. The third kappa shape index (κ3) is 4.64. The fourth-order valence-electron chi connectivity index (χ4n) is 2.00. The van der Waals surface area contributed by atoms with Gasteiger partial charge in [0.25, 0.3) is 0 Å². The average molecular weight is 320 g/mol. The summed E-state index contributed by atoms with van der Waals surface area (Å²) in [6.07, 6.45) is 0. The summed E-state index contributed by atoms with van der Waals surface area (Å²) in [5.41, 5.74) is 3.30. The normalized spacial score (nSPS) is 13.3. The minimum absolute atomic E-state index is 0.146. The Kier molecular flexibility index (Phi) is 5.94. The van der Waals surface area contributed by atoms with Gasteiger partial charge in [-0.05, 0) is 25.5 Å². The van der Waals surface area contributed by atoms with Gasteiger partial charge in [0, 0.05) is 18.8 Å². The number of benzene rings is 1. The summed E-state index contributed by atoms with van der Waals surface area (Å²) in [6, 6.07) is 8.16. The van der Waals surface area contributed by atoms with Gasteiger partial charge in [0.2, 0.25) is 5.91 Å². The third-order valence-electron chi connectivity index (χ3n) is 3.07. The maximum atomic E-state index is 12.2. The van der Waals surface area contributed by atoms with Crippen molar-refractivity contribution in [1.82, 2.24) is 4.90 Å². The molecule has 0 saturated carbocycles. The standard InChI is InChI=1S/C16H20N2OS2/c1-4-18(9-12(2)3)15(19)11-21-16-17-14-8-6-5-7-13(14)10-20-16/h5-8H,2,4,9-11H2,1,3H3. The first kappa shape index (κ1) is 16.2. The highest BCUT2D eigenvalue weighted by molar-refractivity contribution is 8.38. The second-order valence-electron chi connectivity index (χ2n) is 4.95. The van der Waals surface area contributed by atoms with Gasteiger partial charge in [-0.25, -0.2) is 4.99 Å². The number of carbonyl (C=O) groups excluding carboxylic acids is 1. The van der Waals surface area contributed by atoms with Gasteiger partial charge in [0.15, 0.2) is 0 Å². The minimum atomic E-state index is 0.146. The first-order valence-electron chi connectivity index (χ1n) is 6.94. The van der Waals surface area contributed by atoms with Crippen LogP contribution in [0.15, 0.2) is 41.4 Å². The molecule has 1 aromatic carbocycles. The van der Waals surface area contributed by atoms with Crippen molar-refractivity contribution in [2.24, 2.45) is 4.99 Å². The number of amides is 1. The fraction of sp³-hybridized carbons (Fsp3) is 0.375. The van der Waals surface area contributed by atoms with Crippen molar-refractivity contribution in [3.8, 4) is 0 Å². The molecule has 2 rings (SSSR count). The summed E-state index contributed by atoms with van der Waals surface area (Å²) in [5.74, 6) is 1.52. The lowest BCUT2D eigenvalue weighted by atomic mass is 10.2. The van der Waals surface area contributed by atoms with Gasteiger partial charge >= 0.3 is 0 Å². The van der Waals surface area contributed by atoms with Crippen molar-refractivity contribution in [3.05, 3.63) is 42.0 Å². The number of rotatable bonds is 5. The van der Waals surface area contributed by atoms with Crippen LogP contribution in [0.3, 0.4) is 0 Å². The Bertz CT molecular complexity index is 569. The molecule has 0 unspecified atom stereocenters. The molecule has 0 aliphatic carbocycles. The van der Waals surface area contributed by atoms with Gasteiger partial charge in [-0.2, -0.15) is 0 Å². The Morgan fingerprint density at radius 3 is 2.95 bits per heavy atom. The Hall–Kier alpha value is -1.20. The fourth-order valence-corrected chi connectivity index (χ4v) is 3.97. The van der Waals surface area contributed by atoms with Crippen LogP contribution in [0.1, 0.15) is 19.4 Å². The first-order chi connectivity index (χ1) is 10.1. The Labute approximate surface area is 134 Å². The minimum Gasteiger partial charge on any atom is -0.338 e. The van der Waals surface area contributed by atoms with Gasteiger partial charge in [-0.3, -0.25) is 4.79 Å². The smallest absolute Gasteiger partial charge is 0.233 e.